The largest absolute Gasteiger partial charge is 0.417 e. The standard InChI is InChI=1S/C22H18F5N3/c1-12-6-8-30(19-4-3-14(10-29-19)22(25,26)27)11-17(12)13(2)16-9-18(23)20(24)21-15(16)5-7-28-21/h3-5,7,9-10,28H,1,6,8,11H2,2H3/b17-13+. The van der Waals surface area contributed by atoms with Crippen molar-refractivity contribution in [3.8, 4) is 0 Å². The Morgan fingerprint density at radius 1 is 1.20 bits per heavy atom. The van der Waals surface area contributed by atoms with Gasteiger partial charge in [0.15, 0.2) is 11.6 Å². The number of nitrogens with one attached hydrogen (secondary N) is 1. The molecule has 30 heavy (non-hydrogen) atoms. The van der Waals surface area contributed by atoms with Crippen LogP contribution in [0.4, 0.5) is 27.8 Å². The van der Waals surface area contributed by atoms with E-state index in [1.54, 1.807) is 12.3 Å². The molecule has 0 saturated carbocycles. The normalized spacial score (nSPS) is 17.0. The molecule has 0 unspecified atom stereocenters. The first-order valence-electron chi connectivity index (χ1n) is 9.28. The Balaban J connectivity index is 1.72. The predicted octanol–water partition coefficient (Wildman–Crippen LogP) is 6.10. The number of anilines is 1. The average molecular weight is 419 g/mol. The van der Waals surface area contributed by atoms with E-state index in [0.29, 0.717) is 36.3 Å². The summed E-state index contributed by atoms with van der Waals surface area (Å²) >= 11 is 0. The van der Waals surface area contributed by atoms with Gasteiger partial charge in [0.2, 0.25) is 0 Å². The number of rotatable bonds is 2. The summed E-state index contributed by atoms with van der Waals surface area (Å²) in [5, 5.41) is 0.552. The Kier molecular flexibility index (Phi) is 4.88. The zero-order valence-electron chi connectivity index (χ0n) is 16.1. The molecule has 1 aromatic carbocycles. The van der Waals surface area contributed by atoms with Crippen LogP contribution in [-0.2, 0) is 6.18 Å². The van der Waals surface area contributed by atoms with Gasteiger partial charge in [-0.2, -0.15) is 13.2 Å². The van der Waals surface area contributed by atoms with Crippen molar-refractivity contribution in [1.82, 2.24) is 9.97 Å². The molecule has 1 saturated heterocycles. The summed E-state index contributed by atoms with van der Waals surface area (Å²) in [6.07, 6.45) is -1.51. The molecule has 156 valence electrons. The lowest BCUT2D eigenvalue weighted by molar-refractivity contribution is -0.137. The number of halogens is 5. The van der Waals surface area contributed by atoms with Gasteiger partial charge in [-0.1, -0.05) is 6.58 Å². The van der Waals surface area contributed by atoms with Crippen LogP contribution in [0.1, 0.15) is 24.5 Å². The molecule has 1 aliphatic rings. The van der Waals surface area contributed by atoms with Crippen LogP contribution in [0.15, 0.2) is 54.4 Å². The maximum Gasteiger partial charge on any atom is 0.417 e. The van der Waals surface area contributed by atoms with E-state index >= 15 is 0 Å². The van der Waals surface area contributed by atoms with Gasteiger partial charge >= 0.3 is 6.18 Å². The number of alkyl halides is 3. The number of pyridine rings is 1. The van der Waals surface area contributed by atoms with Crippen molar-refractivity contribution in [3.05, 3.63) is 77.1 Å². The van der Waals surface area contributed by atoms with E-state index in [1.807, 2.05) is 11.8 Å². The van der Waals surface area contributed by atoms with Gasteiger partial charge in [-0.3, -0.25) is 0 Å². The van der Waals surface area contributed by atoms with Crippen molar-refractivity contribution in [2.24, 2.45) is 0 Å². The molecule has 1 fully saturated rings. The Labute approximate surface area is 169 Å². The third kappa shape index (κ3) is 3.46. The minimum atomic E-state index is -4.45. The molecule has 4 rings (SSSR count). The molecule has 3 nitrogen and oxygen atoms in total. The first kappa shape index (κ1) is 20.1. The second kappa shape index (κ2) is 7.27. The van der Waals surface area contributed by atoms with Crippen molar-refractivity contribution in [3.63, 3.8) is 0 Å². The van der Waals surface area contributed by atoms with Gasteiger partial charge in [-0.05, 0) is 59.9 Å². The molecule has 2 aromatic heterocycles. The predicted molar refractivity (Wildman–Crippen MR) is 106 cm³/mol. The van der Waals surface area contributed by atoms with Crippen LogP contribution in [0.25, 0.3) is 16.5 Å². The summed E-state index contributed by atoms with van der Waals surface area (Å²) in [5.41, 5.74) is 2.24. The van der Waals surface area contributed by atoms with E-state index in [9.17, 15) is 22.0 Å². The summed E-state index contributed by atoms with van der Waals surface area (Å²) in [6.45, 7) is 6.81. The first-order valence-corrected chi connectivity index (χ1v) is 9.28. The molecule has 0 spiro atoms. The summed E-state index contributed by atoms with van der Waals surface area (Å²) in [6, 6.07) is 5.18. The Morgan fingerprint density at radius 3 is 2.63 bits per heavy atom. The zero-order chi connectivity index (χ0) is 21.6. The highest BCUT2D eigenvalue weighted by molar-refractivity contribution is 5.94. The van der Waals surface area contributed by atoms with Crippen LogP contribution in [0.2, 0.25) is 0 Å². The number of fused-ring (bicyclic) bond motifs is 1. The molecular weight excluding hydrogens is 401 g/mol. The summed E-state index contributed by atoms with van der Waals surface area (Å²) in [5.74, 6) is -1.48. The van der Waals surface area contributed by atoms with Gasteiger partial charge in [0.05, 0.1) is 11.1 Å². The topological polar surface area (TPSA) is 31.9 Å². The van der Waals surface area contributed by atoms with Gasteiger partial charge in [-0.15, -0.1) is 0 Å². The first-order chi connectivity index (χ1) is 14.2. The monoisotopic (exact) mass is 419 g/mol. The summed E-state index contributed by atoms with van der Waals surface area (Å²) in [7, 11) is 0. The molecule has 0 amide bonds. The minimum Gasteiger partial charge on any atom is -0.359 e. The molecule has 0 bridgehead atoms. The zero-order valence-corrected chi connectivity index (χ0v) is 16.1. The number of hydrogen-bond donors (Lipinski definition) is 1. The summed E-state index contributed by atoms with van der Waals surface area (Å²) in [4.78, 5) is 8.53. The fraction of sp³-hybridized carbons (Fsp3) is 0.227. The van der Waals surface area contributed by atoms with E-state index in [0.717, 1.165) is 35.0 Å². The van der Waals surface area contributed by atoms with Crippen molar-refractivity contribution >= 4 is 22.3 Å². The third-order valence-corrected chi connectivity index (χ3v) is 5.45. The average Bonchev–Trinajstić information content (AvgIpc) is 3.20. The molecule has 0 atom stereocenters. The van der Waals surface area contributed by atoms with Crippen LogP contribution < -0.4 is 4.90 Å². The number of hydrogen-bond acceptors (Lipinski definition) is 2. The van der Waals surface area contributed by atoms with E-state index < -0.39 is 23.4 Å². The lowest BCUT2D eigenvalue weighted by Gasteiger charge is -2.32. The van der Waals surface area contributed by atoms with Crippen molar-refractivity contribution in [1.29, 1.82) is 0 Å². The minimum absolute atomic E-state index is 0.0904. The molecule has 0 aliphatic carbocycles. The lowest BCUT2D eigenvalue weighted by atomic mass is 9.90. The second-order valence-corrected chi connectivity index (χ2v) is 7.27. The van der Waals surface area contributed by atoms with Crippen LogP contribution in [0.5, 0.6) is 0 Å². The van der Waals surface area contributed by atoms with E-state index in [4.69, 9.17) is 0 Å². The van der Waals surface area contributed by atoms with Crippen molar-refractivity contribution in [2.45, 2.75) is 19.5 Å². The Bertz CT molecular complexity index is 1160. The highest BCUT2D eigenvalue weighted by atomic mass is 19.4. The second-order valence-electron chi connectivity index (χ2n) is 7.27. The fourth-order valence-corrected chi connectivity index (χ4v) is 3.76. The van der Waals surface area contributed by atoms with Crippen LogP contribution >= 0.6 is 0 Å². The molecule has 3 aromatic rings. The van der Waals surface area contributed by atoms with Gasteiger partial charge < -0.3 is 9.88 Å². The number of benzene rings is 1. The van der Waals surface area contributed by atoms with Crippen LogP contribution in [0.3, 0.4) is 0 Å². The molecule has 3 heterocycles. The Hall–Kier alpha value is -3.16. The van der Waals surface area contributed by atoms with Gasteiger partial charge in [-0.25, -0.2) is 13.8 Å². The number of aromatic amines is 1. The highest BCUT2D eigenvalue weighted by Crippen LogP contribution is 2.35. The number of H-pyrrole nitrogens is 1. The number of nitrogens with zero attached hydrogens (tertiary/aromatic N) is 2. The molecule has 0 radical (unpaired) electrons. The number of aromatic nitrogens is 2. The van der Waals surface area contributed by atoms with Gasteiger partial charge in [0, 0.05) is 30.9 Å². The summed E-state index contributed by atoms with van der Waals surface area (Å²) < 4.78 is 66.6. The number of piperidine rings is 1. The smallest absolute Gasteiger partial charge is 0.359 e. The van der Waals surface area contributed by atoms with Crippen LogP contribution in [0, 0.1) is 11.6 Å². The van der Waals surface area contributed by atoms with E-state index in [2.05, 4.69) is 16.5 Å². The van der Waals surface area contributed by atoms with Gasteiger partial charge in [0.25, 0.3) is 0 Å². The SMILES string of the molecule is C=C1CCN(c2ccc(C(F)(F)F)cn2)C/C1=C(/C)c1cc(F)c(F)c2[nH]ccc12. The van der Waals surface area contributed by atoms with Crippen LogP contribution in [-0.4, -0.2) is 23.1 Å². The van der Waals surface area contributed by atoms with Crippen molar-refractivity contribution in [2.75, 3.05) is 18.0 Å². The lowest BCUT2D eigenvalue weighted by Crippen LogP contribution is -2.33. The van der Waals surface area contributed by atoms with Gasteiger partial charge in [0.1, 0.15) is 5.82 Å². The van der Waals surface area contributed by atoms with E-state index in [-0.39, 0.29) is 5.52 Å². The molecule has 1 aliphatic heterocycles. The molecule has 8 heteroatoms. The maximum absolute atomic E-state index is 14.1. The fourth-order valence-electron chi connectivity index (χ4n) is 3.76. The Morgan fingerprint density at radius 2 is 1.97 bits per heavy atom. The quantitative estimate of drug-likeness (QED) is 0.509. The van der Waals surface area contributed by atoms with Crippen molar-refractivity contribution < 1.29 is 22.0 Å². The maximum atomic E-state index is 14.1. The molecule has 1 N–H and O–H groups in total. The third-order valence-electron chi connectivity index (χ3n) is 5.45. The molecular formula is C22H18F5N3. The number of allylic oxidation sites excluding steroid dienone is 1. The highest BCUT2D eigenvalue weighted by Gasteiger charge is 2.31. The van der Waals surface area contributed by atoms with E-state index in [1.165, 1.54) is 6.07 Å².